The topological polar surface area (TPSA) is 130 Å². The van der Waals surface area contributed by atoms with Crippen molar-refractivity contribution in [2.45, 2.75) is 31.6 Å². The SMILES string of the molecule is O=C(O)C1=C(CCc2ccccc2)NC(CC(=O)N2CCN(CCCO)CC2)=C(C(=O)O)C1c1c(Cl)cccc1Cl. The fraction of sp³-hybridized carbons (Fsp3) is 0.367. The Bertz CT molecular complexity index is 1330. The molecule has 11 heteroatoms. The van der Waals surface area contributed by atoms with E-state index >= 15 is 0 Å². The maximum absolute atomic E-state index is 13.4. The van der Waals surface area contributed by atoms with E-state index < -0.39 is 17.9 Å². The molecule has 4 rings (SSSR count). The van der Waals surface area contributed by atoms with Gasteiger partial charge in [0, 0.05) is 66.3 Å². The van der Waals surface area contributed by atoms with E-state index in [9.17, 15) is 24.6 Å². The molecule has 1 saturated heterocycles. The molecule has 0 bridgehead atoms. The van der Waals surface area contributed by atoms with Gasteiger partial charge < -0.3 is 25.5 Å². The van der Waals surface area contributed by atoms with Crippen LogP contribution in [-0.2, 0) is 20.8 Å². The zero-order valence-corrected chi connectivity index (χ0v) is 24.0. The predicted octanol–water partition coefficient (Wildman–Crippen LogP) is 3.91. The average molecular weight is 603 g/mol. The van der Waals surface area contributed by atoms with Crippen molar-refractivity contribution >= 4 is 41.0 Å². The molecule has 0 aromatic heterocycles. The molecule has 9 nitrogen and oxygen atoms in total. The Balaban J connectivity index is 1.72. The quantitative estimate of drug-likeness (QED) is 0.305. The van der Waals surface area contributed by atoms with Crippen LogP contribution >= 0.6 is 23.2 Å². The standard InChI is InChI=1S/C30H33Cl2N3O6/c31-20-8-4-9-21(32)25(20)28-26(29(38)39)22(11-10-19-6-2-1-3-7-19)33-23(27(28)30(40)41)18-24(37)35-15-13-34(14-16-35)12-5-17-36/h1-4,6-9,28,33,36H,5,10-18H2,(H,38,39)(H,40,41). The van der Waals surface area contributed by atoms with Crippen molar-refractivity contribution in [1.82, 2.24) is 15.1 Å². The number of dihydropyridines is 1. The van der Waals surface area contributed by atoms with Crippen LogP contribution in [0.5, 0.6) is 0 Å². The first-order chi connectivity index (χ1) is 19.7. The summed E-state index contributed by atoms with van der Waals surface area (Å²) in [5, 5.41) is 33.2. The highest BCUT2D eigenvalue weighted by molar-refractivity contribution is 6.36. The summed E-state index contributed by atoms with van der Waals surface area (Å²) < 4.78 is 0. The number of hydrogen-bond acceptors (Lipinski definition) is 6. The van der Waals surface area contributed by atoms with E-state index in [1.807, 2.05) is 30.3 Å². The number of nitrogens with one attached hydrogen (secondary N) is 1. The molecule has 1 atom stereocenters. The smallest absolute Gasteiger partial charge is 0.334 e. The summed E-state index contributed by atoms with van der Waals surface area (Å²) in [5.41, 5.74) is 1.15. The van der Waals surface area contributed by atoms with Crippen LogP contribution < -0.4 is 5.32 Å². The van der Waals surface area contributed by atoms with Crippen LogP contribution in [0.2, 0.25) is 10.0 Å². The van der Waals surface area contributed by atoms with Gasteiger partial charge in [-0.3, -0.25) is 9.69 Å². The minimum Gasteiger partial charge on any atom is -0.478 e. The van der Waals surface area contributed by atoms with Crippen molar-refractivity contribution in [1.29, 1.82) is 0 Å². The van der Waals surface area contributed by atoms with Gasteiger partial charge in [0.05, 0.1) is 23.5 Å². The summed E-state index contributed by atoms with van der Waals surface area (Å²) in [5.74, 6) is -4.23. The van der Waals surface area contributed by atoms with Crippen LogP contribution in [0.15, 0.2) is 71.1 Å². The monoisotopic (exact) mass is 601 g/mol. The van der Waals surface area contributed by atoms with Gasteiger partial charge in [-0.05, 0) is 37.0 Å². The molecule has 0 spiro atoms. The average Bonchev–Trinajstić information content (AvgIpc) is 2.95. The van der Waals surface area contributed by atoms with Crippen LogP contribution in [-0.4, -0.2) is 82.3 Å². The number of allylic oxidation sites excluding steroid dienone is 1. The number of aryl methyl sites for hydroxylation is 1. The summed E-state index contributed by atoms with van der Waals surface area (Å²) in [6.07, 6.45) is 1.15. The minimum absolute atomic E-state index is 0.103. The molecule has 0 saturated carbocycles. The molecular weight excluding hydrogens is 569 g/mol. The molecule has 2 aromatic carbocycles. The summed E-state index contributed by atoms with van der Waals surface area (Å²) >= 11 is 13.0. The first-order valence-corrected chi connectivity index (χ1v) is 14.2. The molecule has 0 aliphatic carbocycles. The highest BCUT2D eigenvalue weighted by Gasteiger charge is 2.41. The predicted molar refractivity (Wildman–Crippen MR) is 156 cm³/mol. The van der Waals surface area contributed by atoms with Crippen LogP contribution in [0.1, 0.15) is 36.3 Å². The Hall–Kier alpha value is -3.37. The van der Waals surface area contributed by atoms with Crippen molar-refractivity contribution in [3.05, 3.63) is 92.2 Å². The molecule has 1 amide bonds. The van der Waals surface area contributed by atoms with E-state index in [-0.39, 0.29) is 57.8 Å². The third kappa shape index (κ3) is 7.29. The van der Waals surface area contributed by atoms with Gasteiger partial charge in [0.25, 0.3) is 0 Å². The van der Waals surface area contributed by atoms with Crippen molar-refractivity contribution in [2.75, 3.05) is 39.3 Å². The lowest BCUT2D eigenvalue weighted by atomic mass is 9.78. The van der Waals surface area contributed by atoms with Crippen LogP contribution in [0.3, 0.4) is 0 Å². The number of carbonyl (C=O) groups excluding carboxylic acids is 1. The van der Waals surface area contributed by atoms with E-state index in [0.717, 1.165) is 12.1 Å². The fourth-order valence-electron chi connectivity index (χ4n) is 5.42. The number of rotatable bonds is 11. The summed E-state index contributed by atoms with van der Waals surface area (Å²) in [6.45, 7) is 3.07. The van der Waals surface area contributed by atoms with E-state index in [1.165, 1.54) is 12.1 Å². The first kappa shape index (κ1) is 30.6. The number of benzene rings is 2. The highest BCUT2D eigenvalue weighted by atomic mass is 35.5. The summed E-state index contributed by atoms with van der Waals surface area (Å²) in [4.78, 5) is 42.8. The molecule has 2 aliphatic heterocycles. The molecular formula is C30H33Cl2N3O6. The maximum atomic E-state index is 13.4. The lowest BCUT2D eigenvalue weighted by molar-refractivity contribution is -0.133. The maximum Gasteiger partial charge on any atom is 0.334 e. The Labute approximate surface area is 248 Å². The number of aliphatic carboxylic acids is 2. The summed E-state index contributed by atoms with van der Waals surface area (Å²) in [7, 11) is 0. The highest BCUT2D eigenvalue weighted by Crippen LogP contribution is 2.45. The lowest BCUT2D eigenvalue weighted by Crippen LogP contribution is -2.49. The van der Waals surface area contributed by atoms with Crippen molar-refractivity contribution in [2.24, 2.45) is 0 Å². The van der Waals surface area contributed by atoms with Gasteiger partial charge >= 0.3 is 11.9 Å². The zero-order chi connectivity index (χ0) is 29.5. The third-order valence-electron chi connectivity index (χ3n) is 7.47. The van der Waals surface area contributed by atoms with Crippen molar-refractivity contribution < 1.29 is 29.7 Å². The molecule has 4 N–H and O–H groups in total. The zero-order valence-electron chi connectivity index (χ0n) is 22.5. The minimum atomic E-state index is -1.36. The van der Waals surface area contributed by atoms with Gasteiger partial charge in [-0.15, -0.1) is 0 Å². The molecule has 2 aromatic rings. The van der Waals surface area contributed by atoms with Crippen molar-refractivity contribution in [3.63, 3.8) is 0 Å². The molecule has 1 unspecified atom stereocenters. The second kappa shape index (κ2) is 14.0. The van der Waals surface area contributed by atoms with E-state index in [4.69, 9.17) is 28.3 Å². The Morgan fingerprint density at radius 1 is 0.829 bits per heavy atom. The molecule has 41 heavy (non-hydrogen) atoms. The summed E-state index contributed by atoms with van der Waals surface area (Å²) in [6, 6.07) is 14.2. The first-order valence-electron chi connectivity index (χ1n) is 13.5. The van der Waals surface area contributed by atoms with Crippen LogP contribution in [0, 0.1) is 0 Å². The van der Waals surface area contributed by atoms with Gasteiger partial charge in [-0.2, -0.15) is 0 Å². The molecule has 2 aliphatic rings. The number of carboxylic acids is 2. The van der Waals surface area contributed by atoms with Gasteiger partial charge in [-0.1, -0.05) is 59.6 Å². The number of piperazine rings is 1. The van der Waals surface area contributed by atoms with Gasteiger partial charge in [-0.25, -0.2) is 9.59 Å². The number of carboxylic acid groups (broad SMARTS) is 2. The number of carbonyl (C=O) groups is 3. The molecule has 1 fully saturated rings. The number of aliphatic hydroxyl groups is 1. The second-order valence-electron chi connectivity index (χ2n) is 10.1. The number of hydrogen-bond donors (Lipinski definition) is 4. The van der Waals surface area contributed by atoms with E-state index in [1.54, 1.807) is 11.0 Å². The third-order valence-corrected chi connectivity index (χ3v) is 8.13. The normalized spacial score (nSPS) is 17.9. The van der Waals surface area contributed by atoms with Gasteiger partial charge in [0.1, 0.15) is 0 Å². The Morgan fingerprint density at radius 3 is 2.02 bits per heavy atom. The Morgan fingerprint density at radius 2 is 1.44 bits per heavy atom. The number of halogens is 2. The number of aliphatic hydroxyl groups excluding tert-OH is 1. The fourth-order valence-corrected chi connectivity index (χ4v) is 6.03. The number of amides is 1. The van der Waals surface area contributed by atoms with E-state index in [2.05, 4.69) is 10.2 Å². The van der Waals surface area contributed by atoms with Gasteiger partial charge in [0.2, 0.25) is 5.91 Å². The largest absolute Gasteiger partial charge is 0.478 e. The van der Waals surface area contributed by atoms with E-state index in [0.29, 0.717) is 44.7 Å². The molecule has 0 radical (unpaired) electrons. The van der Waals surface area contributed by atoms with Crippen LogP contribution in [0.4, 0.5) is 0 Å². The molecule has 218 valence electrons. The van der Waals surface area contributed by atoms with Crippen LogP contribution in [0.25, 0.3) is 0 Å². The Kier molecular flexibility index (Phi) is 10.4. The van der Waals surface area contributed by atoms with Gasteiger partial charge in [0.15, 0.2) is 0 Å². The second-order valence-corrected chi connectivity index (χ2v) is 10.9. The van der Waals surface area contributed by atoms with Crippen molar-refractivity contribution in [3.8, 4) is 0 Å². The molecule has 2 heterocycles. The lowest BCUT2D eigenvalue weighted by Gasteiger charge is -2.36. The number of nitrogens with zero attached hydrogens (tertiary/aromatic N) is 2.